The quantitative estimate of drug-likeness (QED) is 0.566. The Hall–Kier alpha value is -2.90. The standard InChI is InChI=1S/C17H21N3O5/c1-11(16(23)24)10-19(2)17(25)18-8-5-9-20-14(21)12-6-3-4-7-13(12)15(20)22/h3-4,6-7,11H,5,8-10H2,1-2H3,(H,18,25)(H,23,24). The first kappa shape index (κ1) is 18.4. The van der Waals surface area contributed by atoms with Gasteiger partial charge in [-0.1, -0.05) is 19.1 Å². The van der Waals surface area contributed by atoms with Crippen LogP contribution in [-0.4, -0.2) is 65.4 Å². The normalized spacial score (nSPS) is 14.2. The van der Waals surface area contributed by atoms with Crippen molar-refractivity contribution in [3.8, 4) is 0 Å². The molecule has 2 N–H and O–H groups in total. The Morgan fingerprint density at radius 3 is 2.28 bits per heavy atom. The first-order valence-corrected chi connectivity index (χ1v) is 8.00. The molecule has 0 saturated heterocycles. The van der Waals surface area contributed by atoms with Crippen LogP contribution in [0.2, 0.25) is 0 Å². The fourth-order valence-electron chi connectivity index (χ4n) is 2.58. The summed E-state index contributed by atoms with van der Waals surface area (Å²) in [6.45, 7) is 2.11. The Labute approximate surface area is 145 Å². The van der Waals surface area contributed by atoms with Crippen molar-refractivity contribution in [2.45, 2.75) is 13.3 Å². The summed E-state index contributed by atoms with van der Waals surface area (Å²) in [6.07, 6.45) is 0.416. The van der Waals surface area contributed by atoms with E-state index in [1.54, 1.807) is 24.3 Å². The Balaban J connectivity index is 1.77. The Morgan fingerprint density at radius 2 is 1.76 bits per heavy atom. The topological polar surface area (TPSA) is 107 Å². The summed E-state index contributed by atoms with van der Waals surface area (Å²) in [5.41, 5.74) is 0.804. The van der Waals surface area contributed by atoms with Gasteiger partial charge in [-0.2, -0.15) is 0 Å². The zero-order valence-electron chi connectivity index (χ0n) is 14.2. The number of hydrogen-bond donors (Lipinski definition) is 2. The Bertz CT molecular complexity index is 668. The lowest BCUT2D eigenvalue weighted by atomic mass is 10.1. The van der Waals surface area contributed by atoms with Crippen LogP contribution in [0, 0.1) is 5.92 Å². The average Bonchev–Trinajstić information content (AvgIpc) is 2.83. The van der Waals surface area contributed by atoms with Crippen LogP contribution in [0.1, 0.15) is 34.1 Å². The van der Waals surface area contributed by atoms with Crippen molar-refractivity contribution < 1.29 is 24.3 Å². The summed E-state index contributed by atoms with van der Waals surface area (Å²) in [6, 6.07) is 6.27. The highest BCUT2D eigenvalue weighted by Crippen LogP contribution is 2.22. The average molecular weight is 347 g/mol. The molecule has 1 aliphatic rings. The molecule has 0 aromatic heterocycles. The Morgan fingerprint density at radius 1 is 1.20 bits per heavy atom. The molecule has 1 unspecified atom stereocenters. The third kappa shape index (κ3) is 4.14. The molecule has 1 aromatic carbocycles. The molecule has 4 amide bonds. The molecule has 1 heterocycles. The minimum absolute atomic E-state index is 0.0968. The Kier molecular flexibility index (Phi) is 5.74. The maximum Gasteiger partial charge on any atom is 0.317 e. The molecule has 0 aliphatic carbocycles. The van der Waals surface area contributed by atoms with E-state index >= 15 is 0 Å². The molecule has 1 atom stereocenters. The van der Waals surface area contributed by atoms with E-state index < -0.39 is 17.9 Å². The zero-order chi connectivity index (χ0) is 18.6. The largest absolute Gasteiger partial charge is 0.481 e. The lowest BCUT2D eigenvalue weighted by molar-refractivity contribution is -0.141. The third-order valence-electron chi connectivity index (χ3n) is 4.03. The molecule has 1 aliphatic heterocycles. The van der Waals surface area contributed by atoms with Gasteiger partial charge in [-0.3, -0.25) is 19.3 Å². The van der Waals surface area contributed by atoms with Gasteiger partial charge in [0.15, 0.2) is 0 Å². The summed E-state index contributed by atoms with van der Waals surface area (Å²) in [5.74, 6) is -2.27. The smallest absolute Gasteiger partial charge is 0.317 e. The van der Waals surface area contributed by atoms with Gasteiger partial charge in [0, 0.05) is 26.7 Å². The second kappa shape index (κ2) is 7.78. The van der Waals surface area contributed by atoms with Gasteiger partial charge in [-0.25, -0.2) is 4.79 Å². The molecule has 0 spiro atoms. The van der Waals surface area contributed by atoms with Crippen LogP contribution in [0.25, 0.3) is 0 Å². The van der Waals surface area contributed by atoms with Crippen molar-refractivity contribution in [2.75, 3.05) is 26.7 Å². The second-order valence-electron chi connectivity index (χ2n) is 6.01. The number of urea groups is 1. The van der Waals surface area contributed by atoms with Gasteiger partial charge in [-0.15, -0.1) is 0 Å². The van der Waals surface area contributed by atoms with Gasteiger partial charge >= 0.3 is 12.0 Å². The highest BCUT2D eigenvalue weighted by molar-refractivity contribution is 6.21. The summed E-state index contributed by atoms with van der Waals surface area (Å²) >= 11 is 0. The lowest BCUT2D eigenvalue weighted by Gasteiger charge is -2.20. The highest BCUT2D eigenvalue weighted by Gasteiger charge is 2.34. The van der Waals surface area contributed by atoms with Gasteiger partial charge in [0.2, 0.25) is 0 Å². The molecule has 2 rings (SSSR count). The van der Waals surface area contributed by atoms with Crippen LogP contribution in [0.5, 0.6) is 0 Å². The van der Waals surface area contributed by atoms with Gasteiger partial charge in [0.25, 0.3) is 11.8 Å². The first-order chi connectivity index (χ1) is 11.8. The summed E-state index contributed by atoms with van der Waals surface area (Å²) in [4.78, 5) is 49.5. The fourth-order valence-corrected chi connectivity index (χ4v) is 2.58. The van der Waals surface area contributed by atoms with E-state index in [4.69, 9.17) is 5.11 Å². The van der Waals surface area contributed by atoms with Crippen molar-refractivity contribution in [3.63, 3.8) is 0 Å². The number of aliphatic carboxylic acids is 1. The summed E-state index contributed by atoms with van der Waals surface area (Å²) in [7, 11) is 1.51. The summed E-state index contributed by atoms with van der Waals surface area (Å²) in [5, 5.41) is 11.5. The number of benzene rings is 1. The van der Waals surface area contributed by atoms with Crippen LogP contribution in [0.3, 0.4) is 0 Å². The summed E-state index contributed by atoms with van der Waals surface area (Å²) < 4.78 is 0. The molecule has 8 nitrogen and oxygen atoms in total. The molecule has 8 heteroatoms. The molecule has 1 aromatic rings. The van der Waals surface area contributed by atoms with E-state index in [1.165, 1.54) is 23.8 Å². The van der Waals surface area contributed by atoms with E-state index in [0.29, 0.717) is 17.5 Å². The molecule has 134 valence electrons. The number of nitrogens with one attached hydrogen (secondary N) is 1. The maximum absolute atomic E-state index is 12.2. The van der Waals surface area contributed by atoms with E-state index in [1.807, 2.05) is 0 Å². The minimum Gasteiger partial charge on any atom is -0.481 e. The SMILES string of the molecule is CC(CN(C)C(=O)NCCCN1C(=O)c2ccccc2C1=O)C(=O)O. The number of carbonyl (C=O) groups is 4. The predicted molar refractivity (Wildman–Crippen MR) is 89.3 cm³/mol. The van der Waals surface area contributed by atoms with Crippen LogP contribution in [-0.2, 0) is 4.79 Å². The lowest BCUT2D eigenvalue weighted by Crippen LogP contribution is -2.42. The van der Waals surface area contributed by atoms with Crippen molar-refractivity contribution in [3.05, 3.63) is 35.4 Å². The fraction of sp³-hybridized carbons (Fsp3) is 0.412. The number of fused-ring (bicyclic) bond motifs is 1. The number of carboxylic acid groups (broad SMARTS) is 1. The number of nitrogens with zero attached hydrogens (tertiary/aromatic N) is 2. The van der Waals surface area contributed by atoms with Gasteiger partial charge in [0.1, 0.15) is 0 Å². The number of amides is 4. The van der Waals surface area contributed by atoms with Gasteiger partial charge in [-0.05, 0) is 18.6 Å². The monoisotopic (exact) mass is 347 g/mol. The minimum atomic E-state index is -0.967. The van der Waals surface area contributed by atoms with Crippen molar-refractivity contribution in [2.24, 2.45) is 5.92 Å². The molecule has 0 fully saturated rings. The van der Waals surface area contributed by atoms with Crippen LogP contribution >= 0.6 is 0 Å². The molecular formula is C17H21N3O5. The number of imide groups is 1. The molecule has 0 saturated carbocycles. The van der Waals surface area contributed by atoms with Crippen LogP contribution in [0.4, 0.5) is 4.79 Å². The van der Waals surface area contributed by atoms with Crippen LogP contribution in [0.15, 0.2) is 24.3 Å². The number of rotatable bonds is 7. The number of carbonyl (C=O) groups excluding carboxylic acids is 3. The predicted octanol–water partition coefficient (Wildman–Crippen LogP) is 1.03. The van der Waals surface area contributed by atoms with Crippen molar-refractivity contribution in [1.82, 2.24) is 15.1 Å². The van der Waals surface area contributed by atoms with E-state index in [-0.39, 0.29) is 31.4 Å². The molecule has 0 radical (unpaired) electrons. The number of hydrogen-bond acceptors (Lipinski definition) is 4. The van der Waals surface area contributed by atoms with E-state index in [0.717, 1.165) is 0 Å². The van der Waals surface area contributed by atoms with Crippen LogP contribution < -0.4 is 5.32 Å². The maximum atomic E-state index is 12.2. The molecule has 25 heavy (non-hydrogen) atoms. The zero-order valence-corrected chi connectivity index (χ0v) is 14.2. The third-order valence-corrected chi connectivity index (χ3v) is 4.03. The second-order valence-corrected chi connectivity index (χ2v) is 6.01. The van der Waals surface area contributed by atoms with Crippen molar-refractivity contribution in [1.29, 1.82) is 0 Å². The van der Waals surface area contributed by atoms with E-state index in [9.17, 15) is 19.2 Å². The number of carboxylic acids is 1. The van der Waals surface area contributed by atoms with E-state index in [2.05, 4.69) is 5.32 Å². The van der Waals surface area contributed by atoms with Gasteiger partial charge < -0.3 is 15.3 Å². The molecule has 0 bridgehead atoms. The van der Waals surface area contributed by atoms with Gasteiger partial charge in [0.05, 0.1) is 17.0 Å². The molecular weight excluding hydrogens is 326 g/mol. The van der Waals surface area contributed by atoms with Crippen molar-refractivity contribution >= 4 is 23.8 Å². The first-order valence-electron chi connectivity index (χ1n) is 8.00. The highest BCUT2D eigenvalue weighted by atomic mass is 16.4.